The van der Waals surface area contributed by atoms with Crippen molar-refractivity contribution < 1.29 is 4.79 Å². The van der Waals surface area contributed by atoms with Gasteiger partial charge in [-0.15, -0.1) is 0 Å². The molecule has 0 spiro atoms. The van der Waals surface area contributed by atoms with Gasteiger partial charge in [0.25, 0.3) is 0 Å². The lowest BCUT2D eigenvalue weighted by Crippen LogP contribution is -2.27. The molecule has 19 heavy (non-hydrogen) atoms. The van der Waals surface area contributed by atoms with Gasteiger partial charge in [-0.3, -0.25) is 9.78 Å². The number of carbonyl (C=O) groups is 1. The lowest BCUT2D eigenvalue weighted by Gasteiger charge is -2.12. The monoisotopic (exact) mass is 255 g/mol. The minimum Gasteiger partial charge on any atom is -0.352 e. The van der Waals surface area contributed by atoms with Crippen molar-refractivity contribution in [3.8, 4) is 0 Å². The quantitative estimate of drug-likeness (QED) is 0.855. The second kappa shape index (κ2) is 6.66. The number of nitrogens with zero attached hydrogens (tertiary/aromatic N) is 1. The maximum atomic E-state index is 11.8. The fraction of sp³-hybridized carbons (Fsp3) is 0.200. The van der Waals surface area contributed by atoms with Crippen LogP contribution < -0.4 is 11.1 Å². The largest absolute Gasteiger partial charge is 0.352 e. The second-order valence-electron chi connectivity index (χ2n) is 4.35. The number of rotatable bonds is 5. The van der Waals surface area contributed by atoms with Gasteiger partial charge in [-0.1, -0.05) is 30.3 Å². The van der Waals surface area contributed by atoms with E-state index in [0.29, 0.717) is 6.54 Å². The Labute approximate surface area is 112 Å². The van der Waals surface area contributed by atoms with E-state index in [2.05, 4.69) is 10.3 Å². The Hall–Kier alpha value is -2.20. The highest BCUT2D eigenvalue weighted by Crippen LogP contribution is 2.12. The molecule has 1 heterocycles. The van der Waals surface area contributed by atoms with Crippen LogP contribution in [-0.2, 0) is 11.3 Å². The van der Waals surface area contributed by atoms with Crippen molar-refractivity contribution in [3.05, 3.63) is 66.0 Å². The first-order valence-electron chi connectivity index (χ1n) is 6.22. The lowest BCUT2D eigenvalue weighted by molar-refractivity contribution is -0.121. The summed E-state index contributed by atoms with van der Waals surface area (Å²) >= 11 is 0. The minimum atomic E-state index is -0.265. The van der Waals surface area contributed by atoms with Crippen molar-refractivity contribution in [2.24, 2.45) is 5.73 Å². The van der Waals surface area contributed by atoms with Crippen molar-refractivity contribution in [2.45, 2.75) is 19.0 Å². The molecule has 0 saturated carbocycles. The van der Waals surface area contributed by atoms with Gasteiger partial charge < -0.3 is 11.1 Å². The molecule has 0 bridgehead atoms. The molecule has 3 N–H and O–H groups in total. The second-order valence-corrected chi connectivity index (χ2v) is 4.35. The number of hydrogen-bond donors (Lipinski definition) is 2. The van der Waals surface area contributed by atoms with Crippen molar-refractivity contribution in [3.63, 3.8) is 0 Å². The van der Waals surface area contributed by atoms with E-state index in [4.69, 9.17) is 5.73 Å². The molecule has 2 aromatic rings. The van der Waals surface area contributed by atoms with Crippen LogP contribution in [0.1, 0.15) is 23.6 Å². The average Bonchev–Trinajstić information content (AvgIpc) is 2.47. The number of amides is 1. The van der Waals surface area contributed by atoms with Crippen molar-refractivity contribution in [2.75, 3.05) is 0 Å². The highest BCUT2D eigenvalue weighted by atomic mass is 16.1. The molecule has 2 rings (SSSR count). The lowest BCUT2D eigenvalue weighted by atomic mass is 10.0. The van der Waals surface area contributed by atoms with Crippen LogP contribution in [0.5, 0.6) is 0 Å². The maximum Gasteiger partial charge on any atom is 0.222 e. The normalized spacial score (nSPS) is 11.8. The van der Waals surface area contributed by atoms with Crippen LogP contribution >= 0.6 is 0 Å². The Kier molecular flexibility index (Phi) is 4.64. The van der Waals surface area contributed by atoms with E-state index in [-0.39, 0.29) is 18.4 Å². The Morgan fingerprint density at radius 1 is 1.16 bits per heavy atom. The fourth-order valence-corrected chi connectivity index (χ4v) is 1.79. The summed E-state index contributed by atoms with van der Waals surface area (Å²) in [6, 6.07) is 13.1. The number of aromatic nitrogens is 1. The minimum absolute atomic E-state index is 0.0480. The van der Waals surface area contributed by atoms with Crippen molar-refractivity contribution in [1.82, 2.24) is 10.3 Å². The third-order valence-corrected chi connectivity index (χ3v) is 2.87. The summed E-state index contributed by atoms with van der Waals surface area (Å²) in [4.78, 5) is 15.7. The molecule has 1 aromatic heterocycles. The molecule has 4 heteroatoms. The van der Waals surface area contributed by atoms with E-state index < -0.39 is 0 Å². The number of hydrogen-bond acceptors (Lipinski definition) is 3. The van der Waals surface area contributed by atoms with E-state index in [1.165, 1.54) is 0 Å². The van der Waals surface area contributed by atoms with Crippen LogP contribution in [0.25, 0.3) is 0 Å². The number of benzene rings is 1. The van der Waals surface area contributed by atoms with Gasteiger partial charge >= 0.3 is 0 Å². The Bertz CT molecular complexity index is 513. The van der Waals surface area contributed by atoms with Gasteiger partial charge in [0.05, 0.1) is 0 Å². The van der Waals surface area contributed by atoms with E-state index >= 15 is 0 Å². The van der Waals surface area contributed by atoms with Crippen LogP contribution in [0.3, 0.4) is 0 Å². The number of nitrogens with one attached hydrogen (secondary N) is 1. The maximum absolute atomic E-state index is 11.8. The van der Waals surface area contributed by atoms with Crippen LogP contribution in [0, 0.1) is 0 Å². The SMILES string of the molecule is NC(CC(=O)NCc1ccncc1)c1ccccc1. The van der Waals surface area contributed by atoms with Gasteiger partial charge in [-0.2, -0.15) is 0 Å². The predicted molar refractivity (Wildman–Crippen MR) is 74.1 cm³/mol. The van der Waals surface area contributed by atoms with Gasteiger partial charge in [0.15, 0.2) is 0 Å². The molecule has 0 radical (unpaired) electrons. The predicted octanol–water partition coefficient (Wildman–Crippen LogP) is 1.79. The summed E-state index contributed by atoms with van der Waals surface area (Å²) in [5.41, 5.74) is 7.99. The van der Waals surface area contributed by atoms with Crippen LogP contribution in [-0.4, -0.2) is 10.9 Å². The number of nitrogens with two attached hydrogens (primary N) is 1. The average molecular weight is 255 g/mol. The summed E-state index contributed by atoms with van der Waals surface area (Å²) in [6.07, 6.45) is 3.70. The molecule has 0 fully saturated rings. The van der Waals surface area contributed by atoms with E-state index in [1.807, 2.05) is 42.5 Å². The fourth-order valence-electron chi connectivity index (χ4n) is 1.79. The van der Waals surface area contributed by atoms with E-state index in [0.717, 1.165) is 11.1 Å². The molecule has 1 atom stereocenters. The molecular formula is C15H17N3O. The zero-order valence-electron chi connectivity index (χ0n) is 10.6. The molecule has 98 valence electrons. The summed E-state index contributed by atoms with van der Waals surface area (Å²) < 4.78 is 0. The number of pyridine rings is 1. The molecular weight excluding hydrogens is 238 g/mol. The smallest absolute Gasteiger partial charge is 0.222 e. The summed E-state index contributed by atoms with van der Waals surface area (Å²) in [7, 11) is 0. The summed E-state index contributed by atoms with van der Waals surface area (Å²) in [5.74, 6) is -0.0480. The van der Waals surface area contributed by atoms with Crippen LogP contribution in [0.4, 0.5) is 0 Å². The van der Waals surface area contributed by atoms with Crippen LogP contribution in [0.2, 0.25) is 0 Å². The van der Waals surface area contributed by atoms with Crippen molar-refractivity contribution in [1.29, 1.82) is 0 Å². The number of carbonyl (C=O) groups excluding carboxylic acids is 1. The van der Waals surface area contributed by atoms with Gasteiger partial charge in [-0.05, 0) is 23.3 Å². The molecule has 1 unspecified atom stereocenters. The van der Waals surface area contributed by atoms with Crippen LogP contribution in [0.15, 0.2) is 54.9 Å². The Morgan fingerprint density at radius 3 is 2.53 bits per heavy atom. The third kappa shape index (κ3) is 4.19. The highest BCUT2D eigenvalue weighted by Gasteiger charge is 2.10. The first-order valence-corrected chi connectivity index (χ1v) is 6.22. The highest BCUT2D eigenvalue weighted by molar-refractivity contribution is 5.76. The van der Waals surface area contributed by atoms with Gasteiger partial charge in [0, 0.05) is 31.4 Å². The van der Waals surface area contributed by atoms with Gasteiger partial charge in [-0.25, -0.2) is 0 Å². The van der Waals surface area contributed by atoms with E-state index in [1.54, 1.807) is 12.4 Å². The van der Waals surface area contributed by atoms with E-state index in [9.17, 15) is 4.79 Å². The molecule has 0 saturated heterocycles. The molecule has 1 aromatic carbocycles. The summed E-state index contributed by atoms with van der Waals surface area (Å²) in [5, 5.41) is 2.85. The molecule has 1 amide bonds. The third-order valence-electron chi connectivity index (χ3n) is 2.87. The Morgan fingerprint density at radius 2 is 1.84 bits per heavy atom. The molecule has 0 aliphatic rings. The Balaban J connectivity index is 1.82. The first-order chi connectivity index (χ1) is 9.25. The first kappa shape index (κ1) is 13.2. The zero-order valence-corrected chi connectivity index (χ0v) is 10.6. The zero-order chi connectivity index (χ0) is 13.5. The molecule has 4 nitrogen and oxygen atoms in total. The van der Waals surface area contributed by atoms with Crippen molar-refractivity contribution >= 4 is 5.91 Å². The van der Waals surface area contributed by atoms with Gasteiger partial charge in [0.2, 0.25) is 5.91 Å². The molecule has 0 aliphatic carbocycles. The standard InChI is InChI=1S/C15H17N3O/c16-14(13-4-2-1-3-5-13)10-15(19)18-11-12-6-8-17-9-7-12/h1-9,14H,10-11,16H2,(H,18,19). The van der Waals surface area contributed by atoms with Gasteiger partial charge in [0.1, 0.15) is 0 Å². The topological polar surface area (TPSA) is 68.0 Å². The molecule has 0 aliphatic heterocycles. The summed E-state index contributed by atoms with van der Waals surface area (Å²) in [6.45, 7) is 0.503.